The number of aliphatic hydroxyl groups excluding tert-OH is 2. The van der Waals surface area contributed by atoms with Crippen LogP contribution in [0.4, 0.5) is 0 Å². The van der Waals surface area contributed by atoms with Crippen LogP contribution in [0.2, 0.25) is 0 Å². The van der Waals surface area contributed by atoms with Crippen molar-refractivity contribution >= 4 is 0 Å². The summed E-state index contributed by atoms with van der Waals surface area (Å²) in [6.07, 6.45) is 0.562. The van der Waals surface area contributed by atoms with Gasteiger partial charge in [-0.3, -0.25) is 4.90 Å². The number of hydrogen-bond donors (Lipinski definition) is 5. The highest BCUT2D eigenvalue weighted by molar-refractivity contribution is 4.81. The first kappa shape index (κ1) is 18.5. The fraction of sp³-hybridized carbons (Fsp3) is 0.846. The molecule has 0 amide bonds. The lowest BCUT2D eigenvalue weighted by molar-refractivity contribution is 0.0939. The van der Waals surface area contributed by atoms with Crippen LogP contribution in [0.1, 0.15) is 6.92 Å². The van der Waals surface area contributed by atoms with E-state index in [1.54, 1.807) is 6.92 Å². The molecule has 0 fully saturated rings. The number of rotatable bonds is 13. The Morgan fingerprint density at radius 1 is 1.16 bits per heavy atom. The zero-order valence-corrected chi connectivity index (χ0v) is 12.0. The predicted octanol–water partition coefficient (Wildman–Crippen LogP) is -1.65. The van der Waals surface area contributed by atoms with Gasteiger partial charge in [-0.1, -0.05) is 6.08 Å². The molecular weight excluding hydrogens is 244 g/mol. The first-order valence-corrected chi connectivity index (χ1v) is 6.92. The van der Waals surface area contributed by atoms with Gasteiger partial charge in [-0.2, -0.15) is 0 Å². The van der Waals surface area contributed by atoms with Gasteiger partial charge in [-0.15, -0.1) is 6.58 Å². The van der Waals surface area contributed by atoms with Crippen molar-refractivity contribution in [1.29, 1.82) is 0 Å². The quantitative estimate of drug-likeness (QED) is 0.204. The van der Waals surface area contributed by atoms with Crippen molar-refractivity contribution in [2.45, 2.75) is 19.1 Å². The molecule has 0 aromatic carbocycles. The number of aliphatic hydroxyl groups is 2. The van der Waals surface area contributed by atoms with Gasteiger partial charge in [-0.25, -0.2) is 0 Å². The maximum Gasteiger partial charge on any atom is 0.0845 e. The molecule has 0 radical (unpaired) electrons. The van der Waals surface area contributed by atoms with Gasteiger partial charge in [-0.05, 0) is 6.92 Å². The second-order valence-corrected chi connectivity index (χ2v) is 4.70. The topological polar surface area (TPSA) is 93.8 Å². The normalized spacial score (nSPS) is 14.6. The van der Waals surface area contributed by atoms with Crippen molar-refractivity contribution in [2.24, 2.45) is 5.73 Å². The Balaban J connectivity index is 3.70. The SMILES string of the molecule is C=CC(O)CN(CCNCCNCCN)CC(C)O. The smallest absolute Gasteiger partial charge is 0.0845 e. The summed E-state index contributed by atoms with van der Waals surface area (Å²) < 4.78 is 0. The minimum atomic E-state index is -0.551. The Morgan fingerprint density at radius 3 is 2.32 bits per heavy atom. The second-order valence-electron chi connectivity index (χ2n) is 4.70. The molecule has 0 spiro atoms. The maximum atomic E-state index is 9.56. The van der Waals surface area contributed by atoms with Crippen LogP contribution in [0, 0.1) is 0 Å². The third kappa shape index (κ3) is 12.3. The Bertz CT molecular complexity index is 215. The molecular formula is C13H30N4O2. The average molecular weight is 274 g/mol. The molecule has 0 saturated carbocycles. The summed E-state index contributed by atoms with van der Waals surface area (Å²) in [5.74, 6) is 0. The standard InChI is InChI=1S/C13H30N4O2/c1-3-13(19)11-17(10-12(2)18)9-8-16-7-6-15-5-4-14/h3,12-13,15-16,18-19H,1,4-11,14H2,2H3. The van der Waals surface area contributed by atoms with Crippen LogP contribution < -0.4 is 16.4 Å². The highest BCUT2D eigenvalue weighted by Crippen LogP contribution is 1.96. The highest BCUT2D eigenvalue weighted by atomic mass is 16.3. The van der Waals surface area contributed by atoms with E-state index in [-0.39, 0.29) is 0 Å². The van der Waals surface area contributed by atoms with E-state index in [2.05, 4.69) is 17.2 Å². The molecule has 0 aliphatic rings. The molecule has 19 heavy (non-hydrogen) atoms. The van der Waals surface area contributed by atoms with Crippen molar-refractivity contribution in [3.63, 3.8) is 0 Å². The molecule has 0 aliphatic heterocycles. The molecule has 0 saturated heterocycles. The van der Waals surface area contributed by atoms with Crippen molar-refractivity contribution in [3.8, 4) is 0 Å². The van der Waals surface area contributed by atoms with Gasteiger partial charge in [0.25, 0.3) is 0 Å². The molecule has 114 valence electrons. The molecule has 2 atom stereocenters. The molecule has 0 aliphatic carbocycles. The Labute approximate surface area is 116 Å². The van der Waals surface area contributed by atoms with E-state index < -0.39 is 12.2 Å². The van der Waals surface area contributed by atoms with Crippen LogP contribution >= 0.6 is 0 Å². The molecule has 6 nitrogen and oxygen atoms in total. The van der Waals surface area contributed by atoms with E-state index in [0.29, 0.717) is 19.6 Å². The van der Waals surface area contributed by atoms with Gasteiger partial charge in [0.2, 0.25) is 0 Å². The number of nitrogens with zero attached hydrogens (tertiary/aromatic N) is 1. The van der Waals surface area contributed by atoms with Crippen LogP contribution in [0.25, 0.3) is 0 Å². The zero-order valence-electron chi connectivity index (χ0n) is 12.0. The third-order valence-electron chi connectivity index (χ3n) is 2.64. The van der Waals surface area contributed by atoms with Gasteiger partial charge in [0.15, 0.2) is 0 Å². The van der Waals surface area contributed by atoms with Crippen LogP contribution in [-0.4, -0.2) is 79.7 Å². The van der Waals surface area contributed by atoms with E-state index in [0.717, 1.165) is 32.7 Å². The highest BCUT2D eigenvalue weighted by Gasteiger charge is 2.11. The first-order chi connectivity index (χ1) is 9.10. The molecule has 6 heteroatoms. The summed E-state index contributed by atoms with van der Waals surface area (Å²) in [6, 6.07) is 0. The number of hydrogen-bond acceptors (Lipinski definition) is 6. The zero-order chi connectivity index (χ0) is 14.5. The van der Waals surface area contributed by atoms with Crippen molar-refractivity contribution < 1.29 is 10.2 Å². The largest absolute Gasteiger partial charge is 0.392 e. The molecule has 0 aromatic rings. The fourth-order valence-corrected chi connectivity index (χ4v) is 1.74. The Hall–Kier alpha value is -0.500. The summed E-state index contributed by atoms with van der Waals surface area (Å²) in [5, 5.41) is 25.5. The number of nitrogens with one attached hydrogen (secondary N) is 2. The summed E-state index contributed by atoms with van der Waals surface area (Å²) in [6.45, 7) is 11.2. The van der Waals surface area contributed by atoms with Gasteiger partial charge in [0.05, 0.1) is 12.2 Å². The lowest BCUT2D eigenvalue weighted by atomic mass is 10.3. The van der Waals surface area contributed by atoms with E-state index in [9.17, 15) is 10.2 Å². The first-order valence-electron chi connectivity index (χ1n) is 6.92. The molecule has 0 heterocycles. The van der Waals surface area contributed by atoms with Crippen LogP contribution in [0.3, 0.4) is 0 Å². The van der Waals surface area contributed by atoms with Gasteiger partial charge in [0, 0.05) is 52.4 Å². The second kappa shape index (κ2) is 12.5. The average Bonchev–Trinajstić information content (AvgIpc) is 2.36. The Kier molecular flexibility index (Phi) is 12.2. The summed E-state index contributed by atoms with van der Waals surface area (Å²) >= 11 is 0. The molecule has 0 rings (SSSR count). The molecule has 6 N–H and O–H groups in total. The molecule has 2 unspecified atom stereocenters. The fourth-order valence-electron chi connectivity index (χ4n) is 1.74. The van der Waals surface area contributed by atoms with E-state index >= 15 is 0 Å². The molecule has 0 bridgehead atoms. The minimum Gasteiger partial charge on any atom is -0.392 e. The summed E-state index contributed by atoms with van der Waals surface area (Å²) in [7, 11) is 0. The monoisotopic (exact) mass is 274 g/mol. The van der Waals surface area contributed by atoms with Gasteiger partial charge < -0.3 is 26.6 Å². The van der Waals surface area contributed by atoms with E-state index in [1.807, 2.05) is 4.90 Å². The van der Waals surface area contributed by atoms with Gasteiger partial charge >= 0.3 is 0 Å². The van der Waals surface area contributed by atoms with Crippen LogP contribution in [0.5, 0.6) is 0 Å². The lowest BCUT2D eigenvalue weighted by Gasteiger charge is -2.25. The van der Waals surface area contributed by atoms with Crippen molar-refractivity contribution in [3.05, 3.63) is 12.7 Å². The maximum absolute atomic E-state index is 9.56. The van der Waals surface area contributed by atoms with Crippen molar-refractivity contribution in [1.82, 2.24) is 15.5 Å². The van der Waals surface area contributed by atoms with Crippen LogP contribution in [0.15, 0.2) is 12.7 Å². The van der Waals surface area contributed by atoms with E-state index in [1.165, 1.54) is 6.08 Å². The molecule has 0 aromatic heterocycles. The lowest BCUT2D eigenvalue weighted by Crippen LogP contribution is -2.41. The minimum absolute atomic E-state index is 0.400. The van der Waals surface area contributed by atoms with Crippen molar-refractivity contribution in [2.75, 3.05) is 52.4 Å². The summed E-state index contributed by atoms with van der Waals surface area (Å²) in [4.78, 5) is 2.03. The predicted molar refractivity (Wildman–Crippen MR) is 79.1 cm³/mol. The van der Waals surface area contributed by atoms with E-state index in [4.69, 9.17) is 5.73 Å². The van der Waals surface area contributed by atoms with Crippen LogP contribution in [-0.2, 0) is 0 Å². The Morgan fingerprint density at radius 2 is 1.79 bits per heavy atom. The van der Waals surface area contributed by atoms with Gasteiger partial charge in [0.1, 0.15) is 0 Å². The third-order valence-corrected chi connectivity index (χ3v) is 2.64. The number of nitrogens with two attached hydrogens (primary N) is 1. The summed E-state index contributed by atoms with van der Waals surface area (Å²) in [5.41, 5.74) is 5.37.